The number of methoxy groups -OCH3 is 2. The lowest BCUT2D eigenvalue weighted by molar-refractivity contribution is -0.364. The third-order valence-corrected chi connectivity index (χ3v) is 8.09. The van der Waals surface area contributed by atoms with E-state index < -0.39 is 79.9 Å². The molecule has 12 atom stereocenters. The molecule has 4 fully saturated rings. The number of carbonyl (C=O) groups excluding carboxylic acids is 1. The zero-order valence-electron chi connectivity index (χ0n) is 24.8. The Kier molecular flexibility index (Phi) is 9.82. The second kappa shape index (κ2) is 14.0. The lowest BCUT2D eigenvalue weighted by Crippen LogP contribution is -2.66. The van der Waals surface area contributed by atoms with E-state index >= 15 is 0 Å². The van der Waals surface area contributed by atoms with Gasteiger partial charge in [0.05, 0.1) is 27.4 Å². The van der Waals surface area contributed by atoms with Crippen molar-refractivity contribution >= 4 is 5.97 Å². The lowest BCUT2D eigenvalue weighted by atomic mass is 9.94. The molecular formula is C30H35N3O12. The number of hydrogen-bond acceptors (Lipinski definition) is 13. The Morgan fingerprint density at radius 2 is 1.78 bits per heavy atom. The summed E-state index contributed by atoms with van der Waals surface area (Å²) in [6.45, 7) is 1.84. The van der Waals surface area contributed by atoms with E-state index in [0.29, 0.717) is 5.75 Å². The number of rotatable bonds is 9. The number of esters is 1. The Balaban J connectivity index is 1.29. The molecule has 4 heterocycles. The van der Waals surface area contributed by atoms with Crippen molar-refractivity contribution in [2.24, 2.45) is 5.11 Å². The van der Waals surface area contributed by atoms with Crippen LogP contribution in [0.15, 0.2) is 59.7 Å². The highest BCUT2D eigenvalue weighted by Gasteiger charge is 2.57. The van der Waals surface area contributed by atoms with E-state index in [1.54, 1.807) is 26.2 Å². The van der Waals surface area contributed by atoms with E-state index in [2.05, 4.69) is 10.0 Å². The highest BCUT2D eigenvalue weighted by molar-refractivity contribution is 5.75. The molecule has 2 aromatic carbocycles. The SMILES string of the molecule is COC(=O)[C@@H]1O[C@@H]2O[C@@H](C)O[C@@H]2[C@@H](O)[C@@H]1O[C@H]1O[C@@H]2CO[C@@H](c3ccccc3)O[C@H]2[C@H](OCc2ccc(OC)cc2)[C@H]1N=[N+]=[N-]. The van der Waals surface area contributed by atoms with E-state index in [0.717, 1.165) is 11.1 Å². The summed E-state index contributed by atoms with van der Waals surface area (Å²) in [5, 5.41) is 15.3. The van der Waals surface area contributed by atoms with Crippen molar-refractivity contribution in [3.8, 4) is 5.75 Å². The van der Waals surface area contributed by atoms with E-state index in [-0.39, 0.29) is 13.2 Å². The van der Waals surface area contributed by atoms with Gasteiger partial charge in [-0.15, -0.1) is 0 Å². The molecular weight excluding hydrogens is 594 g/mol. The van der Waals surface area contributed by atoms with Gasteiger partial charge in [0.1, 0.15) is 48.4 Å². The average Bonchev–Trinajstić information content (AvgIpc) is 3.46. The number of fused-ring (bicyclic) bond motifs is 2. The number of nitrogens with zero attached hydrogens (tertiary/aromatic N) is 3. The molecule has 242 valence electrons. The predicted molar refractivity (Wildman–Crippen MR) is 150 cm³/mol. The van der Waals surface area contributed by atoms with Gasteiger partial charge in [-0.1, -0.05) is 47.6 Å². The first-order valence-corrected chi connectivity index (χ1v) is 14.5. The second-order valence-corrected chi connectivity index (χ2v) is 10.9. The molecule has 2 aromatic rings. The highest BCUT2D eigenvalue weighted by Crippen LogP contribution is 2.40. The third kappa shape index (κ3) is 6.64. The first-order valence-electron chi connectivity index (χ1n) is 14.5. The van der Waals surface area contributed by atoms with Crippen LogP contribution in [0.2, 0.25) is 0 Å². The molecule has 0 aliphatic carbocycles. The van der Waals surface area contributed by atoms with Crippen LogP contribution in [0.5, 0.6) is 5.75 Å². The van der Waals surface area contributed by atoms with Crippen molar-refractivity contribution < 1.29 is 57.3 Å². The smallest absolute Gasteiger partial charge is 0.337 e. The van der Waals surface area contributed by atoms with Crippen LogP contribution < -0.4 is 4.74 Å². The van der Waals surface area contributed by atoms with E-state index in [4.69, 9.17) is 47.4 Å². The van der Waals surface area contributed by atoms with Crippen molar-refractivity contribution in [2.45, 2.75) is 87.5 Å². The standard InChI is InChI=1S/C30H35N3O12/c1-15-40-25-21(34)24(26(27(35)37-3)45-30(25)41-15)44-29-20(32-33-31)23(38-13-16-9-11-18(36-2)12-10-16)22-19(42-29)14-39-28(43-22)17-7-5-4-6-8-17/h4-12,15,19-26,28-30,34H,13-14H2,1-3H3/t15-,19+,20+,21-,22+,23+,24-,25+,26+,28+,29+,30-/m0/s1. The normalized spacial score (nSPS) is 37.5. The van der Waals surface area contributed by atoms with Gasteiger partial charge in [0.25, 0.3) is 0 Å². The Bertz CT molecular complexity index is 1350. The minimum atomic E-state index is -1.41. The zero-order valence-corrected chi connectivity index (χ0v) is 24.8. The minimum absolute atomic E-state index is 0.0821. The number of carbonyl (C=O) groups is 1. The molecule has 0 unspecified atom stereocenters. The van der Waals surface area contributed by atoms with Crippen molar-refractivity contribution in [1.82, 2.24) is 0 Å². The number of hydrogen-bond donors (Lipinski definition) is 1. The van der Waals surface area contributed by atoms with Crippen LogP contribution in [-0.2, 0) is 54.0 Å². The summed E-state index contributed by atoms with van der Waals surface area (Å²) in [5.41, 5.74) is 11.2. The summed E-state index contributed by atoms with van der Waals surface area (Å²) in [4.78, 5) is 15.8. The fourth-order valence-electron chi connectivity index (χ4n) is 5.87. The first kappa shape index (κ1) is 31.6. The topological polar surface area (TPSA) is 178 Å². The maximum absolute atomic E-state index is 12.8. The van der Waals surface area contributed by atoms with E-state index in [9.17, 15) is 15.4 Å². The van der Waals surface area contributed by atoms with Crippen LogP contribution in [0.25, 0.3) is 10.4 Å². The molecule has 6 rings (SSSR count). The van der Waals surface area contributed by atoms with E-state index in [1.165, 1.54) is 7.11 Å². The van der Waals surface area contributed by atoms with Crippen LogP contribution in [0, 0.1) is 0 Å². The molecule has 4 aliphatic heterocycles. The zero-order chi connectivity index (χ0) is 31.5. The molecule has 1 N–H and O–H groups in total. The molecule has 4 aliphatic rings. The number of ether oxygens (including phenoxy) is 10. The van der Waals surface area contributed by atoms with Gasteiger partial charge in [-0.05, 0) is 30.2 Å². The molecule has 15 nitrogen and oxygen atoms in total. The molecule has 15 heteroatoms. The minimum Gasteiger partial charge on any atom is -0.497 e. The van der Waals surface area contributed by atoms with Crippen LogP contribution in [-0.4, -0.2) is 99.5 Å². The Morgan fingerprint density at radius 1 is 1.00 bits per heavy atom. The lowest BCUT2D eigenvalue weighted by Gasteiger charge is -2.49. The van der Waals surface area contributed by atoms with Gasteiger partial charge in [0.15, 0.2) is 31.3 Å². The molecule has 45 heavy (non-hydrogen) atoms. The van der Waals surface area contributed by atoms with Gasteiger partial charge in [0, 0.05) is 10.5 Å². The number of aliphatic hydroxyl groups is 1. The Morgan fingerprint density at radius 3 is 2.49 bits per heavy atom. The van der Waals surface area contributed by atoms with Crippen LogP contribution in [0.4, 0.5) is 0 Å². The highest BCUT2D eigenvalue weighted by atomic mass is 16.8. The van der Waals surface area contributed by atoms with Crippen molar-refractivity contribution in [3.63, 3.8) is 0 Å². The Hall–Kier alpha value is -3.34. The number of azide groups is 1. The first-order chi connectivity index (χ1) is 21.9. The van der Waals surface area contributed by atoms with Crippen LogP contribution >= 0.6 is 0 Å². The fourth-order valence-corrected chi connectivity index (χ4v) is 5.87. The van der Waals surface area contributed by atoms with Crippen LogP contribution in [0.3, 0.4) is 0 Å². The van der Waals surface area contributed by atoms with E-state index in [1.807, 2.05) is 42.5 Å². The second-order valence-electron chi connectivity index (χ2n) is 10.9. The molecule has 0 radical (unpaired) electrons. The summed E-state index contributed by atoms with van der Waals surface area (Å²) in [7, 11) is 2.76. The van der Waals surface area contributed by atoms with Gasteiger partial charge < -0.3 is 52.5 Å². The molecule has 0 aromatic heterocycles. The fraction of sp³-hybridized carbons (Fsp3) is 0.567. The average molecular weight is 630 g/mol. The summed E-state index contributed by atoms with van der Waals surface area (Å²) in [5.74, 6) is -0.123. The van der Waals surface area contributed by atoms with Gasteiger partial charge in [-0.2, -0.15) is 0 Å². The molecule has 0 bridgehead atoms. The van der Waals surface area contributed by atoms with Gasteiger partial charge >= 0.3 is 5.97 Å². The van der Waals surface area contributed by atoms with Gasteiger partial charge in [-0.3, -0.25) is 0 Å². The summed E-state index contributed by atoms with van der Waals surface area (Å²) < 4.78 is 58.6. The summed E-state index contributed by atoms with van der Waals surface area (Å²) >= 11 is 0. The van der Waals surface area contributed by atoms with Gasteiger partial charge in [0.2, 0.25) is 0 Å². The molecule has 0 saturated carbocycles. The summed E-state index contributed by atoms with van der Waals surface area (Å²) in [6, 6.07) is 15.5. The predicted octanol–water partition coefficient (Wildman–Crippen LogP) is 2.50. The quantitative estimate of drug-likeness (QED) is 0.186. The maximum Gasteiger partial charge on any atom is 0.337 e. The van der Waals surface area contributed by atoms with Crippen molar-refractivity contribution in [1.29, 1.82) is 0 Å². The van der Waals surface area contributed by atoms with Crippen molar-refractivity contribution in [2.75, 3.05) is 20.8 Å². The maximum atomic E-state index is 12.8. The summed E-state index contributed by atoms with van der Waals surface area (Å²) in [6.07, 6.45) is -11.3. The van der Waals surface area contributed by atoms with Crippen molar-refractivity contribution in [3.05, 3.63) is 76.2 Å². The molecule has 4 saturated heterocycles. The van der Waals surface area contributed by atoms with Gasteiger partial charge in [-0.25, -0.2) is 4.79 Å². The van der Waals surface area contributed by atoms with Crippen LogP contribution in [0.1, 0.15) is 24.3 Å². The molecule has 0 spiro atoms. The number of aliphatic hydroxyl groups excluding tert-OH is 1. The monoisotopic (exact) mass is 629 g/mol. The third-order valence-electron chi connectivity index (χ3n) is 8.09. The largest absolute Gasteiger partial charge is 0.497 e. The number of benzene rings is 2. The molecule has 0 amide bonds. The Labute approximate surface area is 258 Å².